The first-order valence-corrected chi connectivity index (χ1v) is 10.9. The highest BCUT2D eigenvalue weighted by molar-refractivity contribution is 6.29. The number of rotatable bonds is 7. The molecule has 0 radical (unpaired) electrons. The smallest absolute Gasteiger partial charge is 0.332 e. The molecular weight excluding hydrogens is 442 g/mol. The van der Waals surface area contributed by atoms with Gasteiger partial charge in [-0.25, -0.2) is 4.79 Å². The van der Waals surface area contributed by atoms with Crippen LogP contribution in [0.2, 0.25) is 5.28 Å². The Bertz CT molecular complexity index is 1370. The standard InChI is InChI=1S/C24H24ClN5O3/c1-28-21-20(22(32)29(2)24(28)33)30(23(25)27-21)15-19(31)26-14-13-18(16-9-5-3-6-10-16)17-11-7-4-8-12-17/h3-12,18H,13-15H2,1-2H3,(H,26,31). The third-order valence-electron chi connectivity index (χ3n) is 5.76. The molecule has 2 heterocycles. The van der Waals surface area contributed by atoms with E-state index in [0.717, 1.165) is 4.57 Å². The molecule has 0 aliphatic rings. The Morgan fingerprint density at radius 3 is 2.12 bits per heavy atom. The van der Waals surface area contributed by atoms with Crippen LogP contribution in [0.1, 0.15) is 23.5 Å². The van der Waals surface area contributed by atoms with Crippen LogP contribution in [0, 0.1) is 0 Å². The molecule has 9 heteroatoms. The number of fused-ring (bicyclic) bond motifs is 1. The van der Waals surface area contributed by atoms with Crippen LogP contribution in [0.4, 0.5) is 0 Å². The van der Waals surface area contributed by atoms with Crippen LogP contribution in [0.3, 0.4) is 0 Å². The Hall–Kier alpha value is -3.65. The van der Waals surface area contributed by atoms with Gasteiger partial charge in [0.2, 0.25) is 11.2 Å². The summed E-state index contributed by atoms with van der Waals surface area (Å²) in [6.45, 7) is 0.262. The Morgan fingerprint density at radius 2 is 1.55 bits per heavy atom. The Morgan fingerprint density at radius 1 is 0.970 bits per heavy atom. The molecule has 2 aromatic heterocycles. The average Bonchev–Trinajstić information content (AvgIpc) is 3.16. The quantitative estimate of drug-likeness (QED) is 0.424. The van der Waals surface area contributed by atoms with Gasteiger partial charge in [0.1, 0.15) is 6.54 Å². The van der Waals surface area contributed by atoms with Crippen LogP contribution in [0.15, 0.2) is 70.3 Å². The summed E-state index contributed by atoms with van der Waals surface area (Å²) >= 11 is 6.21. The maximum atomic E-state index is 12.7. The molecule has 0 aliphatic carbocycles. The topological polar surface area (TPSA) is 90.9 Å². The van der Waals surface area contributed by atoms with Gasteiger partial charge in [0.05, 0.1) is 0 Å². The monoisotopic (exact) mass is 465 g/mol. The van der Waals surface area contributed by atoms with E-state index in [0.29, 0.717) is 13.0 Å². The molecule has 0 saturated carbocycles. The minimum Gasteiger partial charge on any atom is -0.355 e. The van der Waals surface area contributed by atoms with Crippen molar-refractivity contribution in [3.63, 3.8) is 0 Å². The van der Waals surface area contributed by atoms with Gasteiger partial charge in [-0.1, -0.05) is 60.7 Å². The van der Waals surface area contributed by atoms with Gasteiger partial charge in [-0.15, -0.1) is 0 Å². The number of hydrogen-bond acceptors (Lipinski definition) is 4. The third kappa shape index (κ3) is 4.47. The lowest BCUT2D eigenvalue weighted by Crippen LogP contribution is -2.38. The molecule has 0 spiro atoms. The van der Waals surface area contributed by atoms with E-state index in [9.17, 15) is 14.4 Å². The number of nitrogens with zero attached hydrogens (tertiary/aromatic N) is 4. The van der Waals surface area contributed by atoms with Crippen LogP contribution >= 0.6 is 11.6 Å². The number of carbonyl (C=O) groups is 1. The first-order valence-electron chi connectivity index (χ1n) is 10.6. The second kappa shape index (κ2) is 9.46. The maximum absolute atomic E-state index is 12.7. The molecular formula is C24H24ClN5O3. The van der Waals surface area contributed by atoms with Gasteiger partial charge < -0.3 is 5.32 Å². The van der Waals surface area contributed by atoms with Crippen LogP contribution in [0.25, 0.3) is 11.2 Å². The highest BCUT2D eigenvalue weighted by Gasteiger charge is 2.20. The Balaban J connectivity index is 1.51. The van der Waals surface area contributed by atoms with E-state index in [4.69, 9.17) is 11.6 Å². The summed E-state index contributed by atoms with van der Waals surface area (Å²) in [6.07, 6.45) is 0.703. The van der Waals surface area contributed by atoms with E-state index in [-0.39, 0.29) is 34.8 Å². The summed E-state index contributed by atoms with van der Waals surface area (Å²) in [5.74, 6) is -0.167. The van der Waals surface area contributed by atoms with Crippen molar-refractivity contribution in [2.45, 2.75) is 18.9 Å². The molecule has 0 unspecified atom stereocenters. The fraction of sp³-hybridized carbons (Fsp3) is 0.250. The molecule has 4 rings (SSSR count). The van der Waals surface area contributed by atoms with Crippen LogP contribution in [-0.2, 0) is 25.4 Å². The summed E-state index contributed by atoms with van der Waals surface area (Å²) in [4.78, 5) is 41.6. The van der Waals surface area contributed by atoms with Crippen LogP contribution in [0.5, 0.6) is 0 Å². The Kier molecular flexibility index (Phi) is 6.46. The SMILES string of the molecule is Cn1c(=O)c2c(nc(Cl)n2CC(=O)NCCC(c2ccccc2)c2ccccc2)n(C)c1=O. The molecule has 33 heavy (non-hydrogen) atoms. The highest BCUT2D eigenvalue weighted by Crippen LogP contribution is 2.27. The summed E-state index contributed by atoms with van der Waals surface area (Å²) < 4.78 is 3.54. The van der Waals surface area contributed by atoms with Crippen molar-refractivity contribution in [3.05, 3.63) is 97.9 Å². The van der Waals surface area contributed by atoms with Gasteiger partial charge in [0.15, 0.2) is 11.2 Å². The van der Waals surface area contributed by atoms with E-state index in [1.807, 2.05) is 36.4 Å². The third-order valence-corrected chi connectivity index (χ3v) is 6.05. The maximum Gasteiger partial charge on any atom is 0.332 e. The number of carbonyl (C=O) groups excluding carboxylic acids is 1. The minimum absolute atomic E-state index is 0.0232. The normalized spacial score (nSPS) is 11.3. The summed E-state index contributed by atoms with van der Waals surface area (Å²) in [5, 5.41) is 2.90. The van der Waals surface area contributed by atoms with Crippen LogP contribution < -0.4 is 16.6 Å². The highest BCUT2D eigenvalue weighted by atomic mass is 35.5. The van der Waals surface area contributed by atoms with Crippen molar-refractivity contribution in [3.8, 4) is 0 Å². The zero-order chi connectivity index (χ0) is 23.5. The molecule has 2 aromatic carbocycles. The lowest BCUT2D eigenvalue weighted by Gasteiger charge is -2.18. The number of aromatic nitrogens is 4. The number of imidazole rings is 1. The molecule has 170 valence electrons. The lowest BCUT2D eigenvalue weighted by atomic mass is 9.88. The number of benzene rings is 2. The largest absolute Gasteiger partial charge is 0.355 e. The summed E-state index contributed by atoms with van der Waals surface area (Å²) in [6, 6.07) is 20.3. The predicted molar refractivity (Wildman–Crippen MR) is 128 cm³/mol. The van der Waals surface area contributed by atoms with Crippen molar-refractivity contribution in [2.24, 2.45) is 14.1 Å². The second-order valence-corrected chi connectivity index (χ2v) is 8.20. The van der Waals surface area contributed by atoms with Crippen molar-refractivity contribution in [2.75, 3.05) is 6.54 Å². The van der Waals surface area contributed by atoms with Gasteiger partial charge in [-0.3, -0.25) is 23.3 Å². The van der Waals surface area contributed by atoms with E-state index in [1.165, 1.54) is 34.4 Å². The first kappa shape index (κ1) is 22.5. The molecule has 8 nitrogen and oxygen atoms in total. The molecule has 0 fully saturated rings. The summed E-state index contributed by atoms with van der Waals surface area (Å²) in [5.41, 5.74) is 1.55. The molecule has 0 atom stereocenters. The van der Waals surface area contributed by atoms with Gasteiger partial charge in [-0.2, -0.15) is 4.98 Å². The molecule has 0 bridgehead atoms. The van der Waals surface area contributed by atoms with Crippen molar-refractivity contribution >= 4 is 28.7 Å². The van der Waals surface area contributed by atoms with Crippen molar-refractivity contribution < 1.29 is 4.79 Å². The fourth-order valence-electron chi connectivity index (χ4n) is 4.02. The molecule has 1 amide bonds. The second-order valence-electron chi connectivity index (χ2n) is 7.86. The lowest BCUT2D eigenvalue weighted by molar-refractivity contribution is -0.121. The van der Waals surface area contributed by atoms with Gasteiger partial charge in [0, 0.05) is 26.6 Å². The van der Waals surface area contributed by atoms with Gasteiger partial charge in [0.25, 0.3) is 5.56 Å². The number of halogens is 1. The number of nitrogens with one attached hydrogen (secondary N) is 1. The van der Waals surface area contributed by atoms with Gasteiger partial charge >= 0.3 is 5.69 Å². The molecule has 1 N–H and O–H groups in total. The first-order chi connectivity index (χ1) is 15.9. The number of amides is 1. The van der Waals surface area contributed by atoms with Crippen LogP contribution in [-0.4, -0.2) is 31.1 Å². The zero-order valence-electron chi connectivity index (χ0n) is 18.4. The number of hydrogen-bond donors (Lipinski definition) is 1. The minimum atomic E-state index is -0.548. The van der Waals surface area contributed by atoms with Crippen molar-refractivity contribution in [1.82, 2.24) is 24.0 Å². The van der Waals surface area contributed by atoms with Gasteiger partial charge in [-0.05, 0) is 29.1 Å². The Labute approximate surface area is 195 Å². The van der Waals surface area contributed by atoms with E-state index < -0.39 is 11.2 Å². The molecule has 0 aliphatic heterocycles. The summed E-state index contributed by atoms with van der Waals surface area (Å²) in [7, 11) is 2.88. The van der Waals surface area contributed by atoms with E-state index in [2.05, 4.69) is 34.6 Å². The predicted octanol–water partition coefficient (Wildman–Crippen LogP) is 2.43. The number of aryl methyl sites for hydroxylation is 1. The molecule has 0 saturated heterocycles. The molecule has 4 aromatic rings. The average molecular weight is 466 g/mol. The van der Waals surface area contributed by atoms with Crippen molar-refractivity contribution in [1.29, 1.82) is 0 Å². The van der Waals surface area contributed by atoms with E-state index in [1.54, 1.807) is 0 Å². The zero-order valence-corrected chi connectivity index (χ0v) is 19.1. The van der Waals surface area contributed by atoms with E-state index >= 15 is 0 Å². The fourth-order valence-corrected chi connectivity index (χ4v) is 4.24.